The SMILES string of the molecule is Cn1cnc(C(=O)N2CCOc3ccc(Br)cc3C2)c1. The molecular formula is C14H14BrN3O2. The highest BCUT2D eigenvalue weighted by Crippen LogP contribution is 2.27. The van der Waals surface area contributed by atoms with E-state index >= 15 is 0 Å². The third kappa shape index (κ3) is 2.56. The lowest BCUT2D eigenvalue weighted by molar-refractivity contribution is 0.0728. The summed E-state index contributed by atoms with van der Waals surface area (Å²) in [5.74, 6) is 0.770. The molecule has 0 atom stereocenters. The topological polar surface area (TPSA) is 47.4 Å². The highest BCUT2D eigenvalue weighted by molar-refractivity contribution is 9.10. The van der Waals surface area contributed by atoms with Gasteiger partial charge in [-0.25, -0.2) is 4.98 Å². The van der Waals surface area contributed by atoms with Crippen LogP contribution in [0.5, 0.6) is 5.75 Å². The van der Waals surface area contributed by atoms with E-state index in [-0.39, 0.29) is 5.91 Å². The second kappa shape index (κ2) is 5.28. The maximum Gasteiger partial charge on any atom is 0.274 e. The van der Waals surface area contributed by atoms with Crippen LogP contribution in [0.1, 0.15) is 16.1 Å². The van der Waals surface area contributed by atoms with Crippen molar-refractivity contribution in [1.82, 2.24) is 14.5 Å². The molecule has 3 rings (SSSR count). The van der Waals surface area contributed by atoms with Crippen LogP contribution >= 0.6 is 15.9 Å². The van der Waals surface area contributed by atoms with E-state index in [0.717, 1.165) is 15.8 Å². The molecule has 1 amide bonds. The van der Waals surface area contributed by atoms with Crippen molar-refractivity contribution >= 4 is 21.8 Å². The second-order valence-corrected chi connectivity index (χ2v) is 5.67. The van der Waals surface area contributed by atoms with Gasteiger partial charge in [-0.05, 0) is 18.2 Å². The van der Waals surface area contributed by atoms with Crippen LogP contribution in [0.2, 0.25) is 0 Å². The molecule has 0 bridgehead atoms. The van der Waals surface area contributed by atoms with Gasteiger partial charge in [0.05, 0.1) is 12.9 Å². The summed E-state index contributed by atoms with van der Waals surface area (Å²) in [5, 5.41) is 0. The molecule has 1 aromatic carbocycles. The molecule has 0 saturated carbocycles. The molecule has 6 heteroatoms. The highest BCUT2D eigenvalue weighted by Gasteiger charge is 2.22. The smallest absolute Gasteiger partial charge is 0.274 e. The maximum atomic E-state index is 12.4. The van der Waals surface area contributed by atoms with Crippen molar-refractivity contribution in [3.63, 3.8) is 0 Å². The monoisotopic (exact) mass is 335 g/mol. The Morgan fingerprint density at radius 2 is 2.30 bits per heavy atom. The molecule has 0 fully saturated rings. The summed E-state index contributed by atoms with van der Waals surface area (Å²) >= 11 is 3.45. The zero-order valence-electron chi connectivity index (χ0n) is 11.0. The standard InChI is InChI=1S/C14H14BrN3O2/c1-17-8-12(16-9-17)14(19)18-4-5-20-13-3-2-11(15)6-10(13)7-18/h2-3,6,8-9H,4-5,7H2,1H3. The summed E-state index contributed by atoms with van der Waals surface area (Å²) in [4.78, 5) is 18.3. The molecule has 0 unspecified atom stereocenters. The lowest BCUT2D eigenvalue weighted by atomic mass is 10.2. The molecule has 1 aliphatic rings. The van der Waals surface area contributed by atoms with Crippen LogP contribution in [-0.4, -0.2) is 33.5 Å². The maximum absolute atomic E-state index is 12.4. The van der Waals surface area contributed by atoms with Crippen molar-refractivity contribution in [3.8, 4) is 5.75 Å². The van der Waals surface area contributed by atoms with Crippen molar-refractivity contribution < 1.29 is 9.53 Å². The number of hydrogen-bond acceptors (Lipinski definition) is 3. The van der Waals surface area contributed by atoms with Gasteiger partial charge in [0.2, 0.25) is 0 Å². The van der Waals surface area contributed by atoms with Gasteiger partial charge in [0.1, 0.15) is 18.1 Å². The molecule has 0 aliphatic carbocycles. The number of imidazole rings is 1. The number of carbonyl (C=O) groups is 1. The Balaban J connectivity index is 1.86. The van der Waals surface area contributed by atoms with Gasteiger partial charge in [0, 0.05) is 29.8 Å². The predicted octanol–water partition coefficient (Wildman–Crippen LogP) is 2.22. The van der Waals surface area contributed by atoms with E-state index in [1.165, 1.54) is 0 Å². The fourth-order valence-electron chi connectivity index (χ4n) is 2.22. The first-order valence-electron chi connectivity index (χ1n) is 6.32. The number of hydrogen-bond donors (Lipinski definition) is 0. The Morgan fingerprint density at radius 3 is 3.05 bits per heavy atom. The predicted molar refractivity (Wildman–Crippen MR) is 77.6 cm³/mol. The van der Waals surface area contributed by atoms with E-state index in [1.54, 1.807) is 22.0 Å². The zero-order valence-corrected chi connectivity index (χ0v) is 12.6. The molecule has 0 N–H and O–H groups in total. The average molecular weight is 336 g/mol. The van der Waals surface area contributed by atoms with Crippen molar-refractivity contribution in [2.24, 2.45) is 7.05 Å². The van der Waals surface area contributed by atoms with Crippen molar-refractivity contribution in [1.29, 1.82) is 0 Å². The van der Waals surface area contributed by atoms with Crippen LogP contribution in [0, 0.1) is 0 Å². The van der Waals surface area contributed by atoms with Gasteiger partial charge in [0.15, 0.2) is 0 Å². The van der Waals surface area contributed by atoms with E-state index in [0.29, 0.717) is 25.4 Å². The minimum absolute atomic E-state index is 0.0676. The lowest BCUT2D eigenvalue weighted by Crippen LogP contribution is -2.32. The number of aromatic nitrogens is 2. The number of rotatable bonds is 1. The Labute approximate surface area is 125 Å². The molecule has 0 saturated heterocycles. The molecule has 104 valence electrons. The number of aryl methyl sites for hydroxylation is 1. The number of fused-ring (bicyclic) bond motifs is 1. The number of ether oxygens (including phenoxy) is 1. The van der Waals surface area contributed by atoms with E-state index in [9.17, 15) is 4.79 Å². The second-order valence-electron chi connectivity index (χ2n) is 4.75. The normalized spacial score (nSPS) is 14.4. The van der Waals surface area contributed by atoms with Gasteiger partial charge in [-0.1, -0.05) is 15.9 Å². The Bertz CT molecular complexity index is 654. The van der Waals surface area contributed by atoms with E-state index in [4.69, 9.17) is 4.74 Å². The van der Waals surface area contributed by atoms with Gasteiger partial charge >= 0.3 is 0 Å². The first-order valence-corrected chi connectivity index (χ1v) is 7.11. The van der Waals surface area contributed by atoms with E-state index in [2.05, 4.69) is 20.9 Å². The zero-order chi connectivity index (χ0) is 14.1. The third-order valence-electron chi connectivity index (χ3n) is 3.21. The lowest BCUT2D eigenvalue weighted by Gasteiger charge is -2.18. The molecule has 2 heterocycles. The minimum Gasteiger partial charge on any atom is -0.491 e. The van der Waals surface area contributed by atoms with Gasteiger partial charge in [-0.15, -0.1) is 0 Å². The van der Waals surface area contributed by atoms with Crippen LogP contribution < -0.4 is 4.74 Å². The van der Waals surface area contributed by atoms with Gasteiger partial charge in [-0.3, -0.25) is 4.79 Å². The Kier molecular flexibility index (Phi) is 3.48. The highest BCUT2D eigenvalue weighted by atomic mass is 79.9. The molecule has 0 radical (unpaired) electrons. The van der Waals surface area contributed by atoms with Crippen LogP contribution in [0.25, 0.3) is 0 Å². The number of carbonyl (C=O) groups excluding carboxylic acids is 1. The first-order chi connectivity index (χ1) is 9.63. The quantitative estimate of drug-likeness (QED) is 0.802. The average Bonchev–Trinajstić information content (AvgIpc) is 2.74. The molecular weight excluding hydrogens is 322 g/mol. The summed E-state index contributed by atoms with van der Waals surface area (Å²) in [6, 6.07) is 5.85. The van der Waals surface area contributed by atoms with Gasteiger partial charge in [-0.2, -0.15) is 0 Å². The molecule has 2 aromatic rings. The number of benzene rings is 1. The number of nitrogens with zero attached hydrogens (tertiary/aromatic N) is 3. The molecule has 1 aromatic heterocycles. The van der Waals surface area contributed by atoms with Crippen LogP contribution in [0.15, 0.2) is 35.2 Å². The van der Waals surface area contributed by atoms with E-state index in [1.807, 2.05) is 25.2 Å². The Morgan fingerprint density at radius 1 is 1.45 bits per heavy atom. The first kappa shape index (κ1) is 13.2. The van der Waals surface area contributed by atoms with Crippen molar-refractivity contribution in [2.45, 2.75) is 6.54 Å². The van der Waals surface area contributed by atoms with E-state index < -0.39 is 0 Å². The summed E-state index contributed by atoms with van der Waals surface area (Å²) in [6.45, 7) is 1.58. The number of amides is 1. The molecule has 1 aliphatic heterocycles. The van der Waals surface area contributed by atoms with Crippen LogP contribution in [0.3, 0.4) is 0 Å². The third-order valence-corrected chi connectivity index (χ3v) is 3.71. The number of halogens is 1. The molecule has 20 heavy (non-hydrogen) atoms. The fourth-order valence-corrected chi connectivity index (χ4v) is 2.63. The van der Waals surface area contributed by atoms with Crippen LogP contribution in [0.4, 0.5) is 0 Å². The fraction of sp³-hybridized carbons (Fsp3) is 0.286. The van der Waals surface area contributed by atoms with Crippen molar-refractivity contribution in [3.05, 3.63) is 46.5 Å². The summed E-state index contributed by atoms with van der Waals surface area (Å²) in [7, 11) is 1.85. The Hall–Kier alpha value is -1.82. The van der Waals surface area contributed by atoms with Crippen LogP contribution in [-0.2, 0) is 13.6 Å². The van der Waals surface area contributed by atoms with Gasteiger partial charge in [0.25, 0.3) is 5.91 Å². The van der Waals surface area contributed by atoms with Crippen molar-refractivity contribution in [2.75, 3.05) is 13.2 Å². The largest absolute Gasteiger partial charge is 0.491 e. The molecule has 0 spiro atoms. The van der Waals surface area contributed by atoms with Gasteiger partial charge < -0.3 is 14.2 Å². The summed E-state index contributed by atoms with van der Waals surface area (Å²) in [6.07, 6.45) is 3.36. The summed E-state index contributed by atoms with van der Waals surface area (Å²) in [5.41, 5.74) is 1.46. The molecule has 5 nitrogen and oxygen atoms in total. The summed E-state index contributed by atoms with van der Waals surface area (Å²) < 4.78 is 8.43. The minimum atomic E-state index is -0.0676.